The van der Waals surface area contributed by atoms with Gasteiger partial charge in [-0.2, -0.15) is 13.2 Å². The summed E-state index contributed by atoms with van der Waals surface area (Å²) in [7, 11) is 1.08. The van der Waals surface area contributed by atoms with E-state index in [1.54, 1.807) is 18.2 Å². The second-order valence-electron chi connectivity index (χ2n) is 4.58. The number of anilines is 2. The summed E-state index contributed by atoms with van der Waals surface area (Å²) in [5, 5.41) is 2.79. The van der Waals surface area contributed by atoms with Crippen LogP contribution in [0.3, 0.4) is 0 Å². The van der Waals surface area contributed by atoms with Crippen molar-refractivity contribution in [2.75, 3.05) is 12.4 Å². The fourth-order valence-electron chi connectivity index (χ4n) is 1.97. The Kier molecular flexibility index (Phi) is 4.68. The molecule has 0 saturated carbocycles. The van der Waals surface area contributed by atoms with Crippen molar-refractivity contribution in [1.82, 2.24) is 0 Å². The molecular weight excluding hydrogens is 311 g/mol. The summed E-state index contributed by atoms with van der Waals surface area (Å²) in [4.78, 5) is 22.8. The van der Waals surface area contributed by atoms with E-state index in [0.29, 0.717) is 23.6 Å². The minimum absolute atomic E-state index is 0.110. The summed E-state index contributed by atoms with van der Waals surface area (Å²) in [6.07, 6.45) is -3.98. The number of esters is 1. The maximum atomic E-state index is 12.8. The number of methoxy groups -OCH3 is 1. The minimum Gasteiger partial charge on any atom is -0.465 e. The van der Waals surface area contributed by atoms with E-state index in [1.165, 1.54) is 6.07 Å². The zero-order valence-corrected chi connectivity index (χ0v) is 12.0. The molecule has 120 valence electrons. The third-order valence-electron chi connectivity index (χ3n) is 3.11. The molecule has 0 bridgehead atoms. The molecule has 23 heavy (non-hydrogen) atoms. The summed E-state index contributed by atoms with van der Waals surface area (Å²) < 4.78 is 42.9. The number of hydrogen-bond donors (Lipinski definition) is 1. The Bertz CT molecular complexity index is 742. The van der Waals surface area contributed by atoms with Gasteiger partial charge in [-0.1, -0.05) is 12.1 Å². The second-order valence-corrected chi connectivity index (χ2v) is 4.58. The highest BCUT2D eigenvalue weighted by atomic mass is 19.4. The molecule has 2 rings (SSSR count). The van der Waals surface area contributed by atoms with Crippen LogP contribution in [0, 0.1) is 0 Å². The smallest absolute Gasteiger partial charge is 0.416 e. The Morgan fingerprint density at radius 1 is 1.13 bits per heavy atom. The van der Waals surface area contributed by atoms with Crippen LogP contribution >= 0.6 is 0 Å². The number of aldehydes is 1. The first-order valence-electron chi connectivity index (χ1n) is 6.47. The summed E-state index contributed by atoms with van der Waals surface area (Å²) in [6.45, 7) is 0. The number of halogens is 3. The van der Waals surface area contributed by atoms with Crippen molar-refractivity contribution in [3.8, 4) is 0 Å². The first kappa shape index (κ1) is 16.5. The summed E-state index contributed by atoms with van der Waals surface area (Å²) in [5.41, 5.74) is -0.454. The van der Waals surface area contributed by atoms with Crippen molar-refractivity contribution in [3.63, 3.8) is 0 Å². The van der Waals surface area contributed by atoms with Crippen molar-refractivity contribution in [3.05, 3.63) is 59.2 Å². The van der Waals surface area contributed by atoms with Gasteiger partial charge in [0.1, 0.15) is 0 Å². The van der Waals surface area contributed by atoms with Crippen LogP contribution < -0.4 is 5.32 Å². The highest BCUT2D eigenvalue weighted by molar-refractivity contribution is 5.97. The fourth-order valence-corrected chi connectivity index (χ4v) is 1.97. The number of alkyl halides is 3. The van der Waals surface area contributed by atoms with E-state index in [4.69, 9.17) is 0 Å². The Morgan fingerprint density at radius 3 is 2.43 bits per heavy atom. The van der Waals surface area contributed by atoms with Crippen molar-refractivity contribution < 1.29 is 27.5 Å². The molecule has 1 N–H and O–H groups in total. The SMILES string of the molecule is COC(=O)c1cc(C(F)(F)F)ccc1Nc1ccccc1C=O. The number of ether oxygens (including phenoxy) is 1. The lowest BCUT2D eigenvalue weighted by molar-refractivity contribution is -0.137. The van der Waals surface area contributed by atoms with E-state index < -0.39 is 17.7 Å². The molecule has 0 spiro atoms. The minimum atomic E-state index is -4.58. The first-order chi connectivity index (χ1) is 10.9. The molecule has 7 heteroatoms. The summed E-state index contributed by atoms with van der Waals surface area (Å²) in [5.74, 6) is -0.915. The highest BCUT2D eigenvalue weighted by Gasteiger charge is 2.32. The highest BCUT2D eigenvalue weighted by Crippen LogP contribution is 2.33. The number of carbonyl (C=O) groups is 2. The summed E-state index contributed by atoms with van der Waals surface area (Å²) >= 11 is 0. The lowest BCUT2D eigenvalue weighted by Crippen LogP contribution is -2.11. The average molecular weight is 323 g/mol. The molecule has 0 unspecified atom stereocenters. The van der Waals surface area contributed by atoms with Crippen LogP contribution in [0.25, 0.3) is 0 Å². The normalized spacial score (nSPS) is 11.0. The van der Waals surface area contributed by atoms with Gasteiger partial charge in [0.05, 0.1) is 23.9 Å². The molecule has 0 radical (unpaired) electrons. The predicted octanol–water partition coefficient (Wildman–Crippen LogP) is 4.05. The molecule has 0 aliphatic heterocycles. The van der Waals surface area contributed by atoms with Gasteiger partial charge in [0.25, 0.3) is 0 Å². The van der Waals surface area contributed by atoms with E-state index in [2.05, 4.69) is 10.1 Å². The Morgan fingerprint density at radius 2 is 1.83 bits per heavy atom. The van der Waals surface area contributed by atoms with Gasteiger partial charge in [-0.05, 0) is 30.3 Å². The van der Waals surface area contributed by atoms with Gasteiger partial charge >= 0.3 is 12.1 Å². The van der Waals surface area contributed by atoms with Crippen LogP contribution in [0.4, 0.5) is 24.5 Å². The molecule has 2 aromatic rings. The number of para-hydroxylation sites is 1. The molecule has 0 heterocycles. The Hall–Kier alpha value is -2.83. The molecule has 0 aliphatic carbocycles. The number of hydrogen-bond acceptors (Lipinski definition) is 4. The maximum Gasteiger partial charge on any atom is 0.416 e. The third-order valence-corrected chi connectivity index (χ3v) is 3.11. The van der Waals surface area contributed by atoms with Gasteiger partial charge < -0.3 is 10.1 Å². The van der Waals surface area contributed by atoms with E-state index in [0.717, 1.165) is 19.2 Å². The second kappa shape index (κ2) is 6.51. The van der Waals surface area contributed by atoms with Crippen LogP contribution in [-0.2, 0) is 10.9 Å². The third kappa shape index (κ3) is 3.68. The quantitative estimate of drug-likeness (QED) is 0.681. The van der Waals surface area contributed by atoms with Crippen LogP contribution in [0.2, 0.25) is 0 Å². The van der Waals surface area contributed by atoms with Crippen molar-refractivity contribution in [2.45, 2.75) is 6.18 Å². The number of rotatable bonds is 4. The topological polar surface area (TPSA) is 55.4 Å². The molecular formula is C16H12F3NO3. The van der Waals surface area contributed by atoms with Crippen molar-refractivity contribution >= 4 is 23.6 Å². The monoisotopic (exact) mass is 323 g/mol. The van der Waals surface area contributed by atoms with E-state index in [1.807, 2.05) is 0 Å². The molecule has 0 aromatic heterocycles. The predicted molar refractivity (Wildman–Crippen MR) is 77.9 cm³/mol. The van der Waals surface area contributed by atoms with Crippen LogP contribution in [0.15, 0.2) is 42.5 Å². The lowest BCUT2D eigenvalue weighted by Gasteiger charge is -2.15. The van der Waals surface area contributed by atoms with E-state index in [-0.39, 0.29) is 11.3 Å². The molecule has 0 atom stereocenters. The molecule has 0 fully saturated rings. The molecule has 0 aliphatic rings. The zero-order chi connectivity index (χ0) is 17.0. The van der Waals surface area contributed by atoms with Gasteiger partial charge in [0.15, 0.2) is 6.29 Å². The zero-order valence-electron chi connectivity index (χ0n) is 12.0. The average Bonchev–Trinajstić information content (AvgIpc) is 2.54. The van der Waals surface area contributed by atoms with Gasteiger partial charge in [-0.25, -0.2) is 4.79 Å². The number of nitrogens with one attached hydrogen (secondary N) is 1. The standard InChI is InChI=1S/C16H12F3NO3/c1-23-15(22)12-8-11(16(17,18)19)6-7-14(12)20-13-5-3-2-4-10(13)9-21/h2-9,20H,1H3. The van der Waals surface area contributed by atoms with E-state index >= 15 is 0 Å². The van der Waals surface area contributed by atoms with Crippen LogP contribution in [-0.4, -0.2) is 19.4 Å². The molecule has 2 aromatic carbocycles. The van der Waals surface area contributed by atoms with Gasteiger partial charge in [0.2, 0.25) is 0 Å². The largest absolute Gasteiger partial charge is 0.465 e. The Labute approximate surface area is 129 Å². The van der Waals surface area contributed by atoms with Crippen LogP contribution in [0.5, 0.6) is 0 Å². The lowest BCUT2D eigenvalue weighted by atomic mass is 10.1. The van der Waals surface area contributed by atoms with Crippen molar-refractivity contribution in [1.29, 1.82) is 0 Å². The number of benzene rings is 2. The maximum absolute atomic E-state index is 12.8. The van der Waals surface area contributed by atoms with Crippen molar-refractivity contribution in [2.24, 2.45) is 0 Å². The Balaban J connectivity index is 2.49. The van der Waals surface area contributed by atoms with Gasteiger partial charge in [-0.15, -0.1) is 0 Å². The molecule has 0 saturated heterocycles. The summed E-state index contributed by atoms with van der Waals surface area (Å²) in [6, 6.07) is 9.08. The molecule has 4 nitrogen and oxygen atoms in total. The van der Waals surface area contributed by atoms with Gasteiger partial charge in [0, 0.05) is 11.3 Å². The fraction of sp³-hybridized carbons (Fsp3) is 0.125. The number of carbonyl (C=O) groups excluding carboxylic acids is 2. The first-order valence-corrected chi connectivity index (χ1v) is 6.47. The molecule has 0 amide bonds. The van der Waals surface area contributed by atoms with E-state index in [9.17, 15) is 22.8 Å². The van der Waals surface area contributed by atoms with Gasteiger partial charge in [-0.3, -0.25) is 4.79 Å². The van der Waals surface area contributed by atoms with Crippen LogP contribution in [0.1, 0.15) is 26.3 Å².